The van der Waals surface area contributed by atoms with E-state index in [1.54, 1.807) is 30.3 Å². The summed E-state index contributed by atoms with van der Waals surface area (Å²) in [6, 6.07) is 7.92. The van der Waals surface area contributed by atoms with Crippen molar-refractivity contribution in [2.45, 2.75) is 13.3 Å². The first-order valence-corrected chi connectivity index (χ1v) is 11.5. The predicted molar refractivity (Wildman–Crippen MR) is 135 cm³/mol. The minimum absolute atomic E-state index is 0.146. The second-order valence-electron chi connectivity index (χ2n) is 7.44. The molecule has 0 bridgehead atoms. The Hall–Kier alpha value is -2.99. The second kappa shape index (κ2) is 13.0. The highest BCUT2D eigenvalue weighted by molar-refractivity contribution is 7.80. The molecule has 1 aromatic carbocycles. The fraction of sp³-hybridized carbons (Fsp3) is 0.364. The number of amides is 3. The maximum atomic E-state index is 12.2. The van der Waals surface area contributed by atoms with Crippen molar-refractivity contribution in [3.8, 4) is 11.5 Å². The number of benzene rings is 1. The summed E-state index contributed by atoms with van der Waals surface area (Å²) < 4.78 is 11.2. The molecule has 0 spiro atoms. The zero-order valence-corrected chi connectivity index (χ0v) is 20.3. The van der Waals surface area contributed by atoms with Gasteiger partial charge in [-0.05, 0) is 43.4 Å². The van der Waals surface area contributed by atoms with Crippen molar-refractivity contribution in [3.05, 3.63) is 41.6 Å². The molecule has 10 nitrogen and oxygen atoms in total. The highest BCUT2D eigenvalue weighted by atomic mass is 35.5. The van der Waals surface area contributed by atoms with Crippen molar-refractivity contribution >= 4 is 52.4 Å². The Morgan fingerprint density at radius 1 is 1.18 bits per heavy atom. The van der Waals surface area contributed by atoms with E-state index in [1.807, 2.05) is 0 Å². The number of aromatic nitrogens is 1. The molecule has 34 heavy (non-hydrogen) atoms. The number of anilines is 2. The summed E-state index contributed by atoms with van der Waals surface area (Å²) in [7, 11) is 0. The van der Waals surface area contributed by atoms with Crippen molar-refractivity contribution in [3.63, 3.8) is 0 Å². The van der Waals surface area contributed by atoms with Crippen LogP contribution in [0.4, 0.5) is 16.3 Å². The van der Waals surface area contributed by atoms with E-state index in [2.05, 4.69) is 31.2 Å². The fourth-order valence-corrected chi connectivity index (χ4v) is 3.61. The van der Waals surface area contributed by atoms with Crippen LogP contribution in [0, 0.1) is 0 Å². The molecule has 1 aliphatic rings. The number of rotatable bonds is 8. The molecular formula is C22H27ClN6O4S. The molecule has 0 radical (unpaired) electrons. The van der Waals surface area contributed by atoms with Gasteiger partial charge in [-0.15, -0.1) is 0 Å². The summed E-state index contributed by atoms with van der Waals surface area (Å²) in [4.78, 5) is 29.7. The largest absolute Gasteiger partial charge is 0.457 e. The first-order chi connectivity index (χ1) is 16.4. The number of carbonyl (C=O) groups is 2. The second-order valence-corrected chi connectivity index (χ2v) is 8.26. The lowest BCUT2D eigenvalue weighted by Gasteiger charge is -2.26. The van der Waals surface area contributed by atoms with Gasteiger partial charge in [0.05, 0.1) is 23.9 Å². The molecule has 0 unspecified atom stereocenters. The van der Waals surface area contributed by atoms with Gasteiger partial charge in [0, 0.05) is 44.9 Å². The van der Waals surface area contributed by atoms with E-state index in [4.69, 9.17) is 33.3 Å². The van der Waals surface area contributed by atoms with Crippen LogP contribution < -0.4 is 26.0 Å². The number of hydrogen-bond acceptors (Lipinski definition) is 7. The molecule has 2 aromatic rings. The number of urea groups is 1. The van der Waals surface area contributed by atoms with E-state index < -0.39 is 0 Å². The number of thiocarbonyl (C=S) groups is 1. The molecule has 0 aliphatic carbocycles. The van der Waals surface area contributed by atoms with Crippen LogP contribution in [0.1, 0.15) is 13.3 Å². The monoisotopic (exact) mass is 506 g/mol. The standard InChI is InChI=1S/C22H27ClN6O4S/c1-15(30)26-22(34)27-19-4-3-16(13-18(19)23)33-17-5-7-24-20(14-17)28-21(31)25-6-2-8-29-9-11-32-12-10-29/h3-5,7,13-14H,2,6,8-12H2,1H3,(H2,24,25,28,31)(H2,26,27,30,34). The Bertz CT molecular complexity index is 1020. The van der Waals surface area contributed by atoms with E-state index in [9.17, 15) is 9.59 Å². The summed E-state index contributed by atoms with van der Waals surface area (Å²) in [5.74, 6) is 1.03. The maximum absolute atomic E-state index is 12.2. The van der Waals surface area contributed by atoms with Gasteiger partial charge in [0.2, 0.25) is 5.91 Å². The van der Waals surface area contributed by atoms with Gasteiger partial charge in [0.15, 0.2) is 5.11 Å². The number of ether oxygens (including phenoxy) is 2. The molecular weight excluding hydrogens is 480 g/mol. The molecule has 3 amide bonds. The quantitative estimate of drug-likeness (QED) is 0.318. The summed E-state index contributed by atoms with van der Waals surface area (Å²) in [5, 5.41) is 11.3. The number of nitrogens with one attached hydrogen (secondary N) is 4. The van der Waals surface area contributed by atoms with Gasteiger partial charge >= 0.3 is 6.03 Å². The number of morpholine rings is 1. The number of pyridine rings is 1. The third-order valence-electron chi connectivity index (χ3n) is 4.73. The molecule has 1 aromatic heterocycles. The van der Waals surface area contributed by atoms with Crippen LogP contribution in [0.15, 0.2) is 36.5 Å². The molecule has 1 fully saturated rings. The summed E-state index contributed by atoms with van der Waals surface area (Å²) in [6.07, 6.45) is 2.39. The molecule has 2 heterocycles. The lowest BCUT2D eigenvalue weighted by atomic mass is 10.3. The van der Waals surface area contributed by atoms with Crippen molar-refractivity contribution in [1.29, 1.82) is 0 Å². The SMILES string of the molecule is CC(=O)NC(=S)Nc1ccc(Oc2ccnc(NC(=O)NCCCN3CCOCC3)c2)cc1Cl. The van der Waals surface area contributed by atoms with E-state index in [-0.39, 0.29) is 17.1 Å². The first-order valence-electron chi connectivity index (χ1n) is 10.8. The van der Waals surface area contributed by atoms with E-state index in [1.165, 1.54) is 13.1 Å². The predicted octanol–water partition coefficient (Wildman–Crippen LogP) is 3.20. The van der Waals surface area contributed by atoms with Crippen molar-refractivity contribution in [2.24, 2.45) is 0 Å². The topological polar surface area (TPSA) is 117 Å². The van der Waals surface area contributed by atoms with E-state index in [0.717, 1.165) is 39.3 Å². The number of hydrogen-bond donors (Lipinski definition) is 4. The van der Waals surface area contributed by atoms with Gasteiger partial charge in [-0.3, -0.25) is 15.0 Å². The Morgan fingerprint density at radius 2 is 1.94 bits per heavy atom. The zero-order chi connectivity index (χ0) is 24.3. The summed E-state index contributed by atoms with van der Waals surface area (Å²) in [5.41, 5.74) is 0.523. The minimum atomic E-state index is -0.333. The smallest absolute Gasteiger partial charge is 0.320 e. The molecule has 0 atom stereocenters. The van der Waals surface area contributed by atoms with Gasteiger partial charge in [-0.1, -0.05) is 11.6 Å². The van der Waals surface area contributed by atoms with Gasteiger partial charge in [0.1, 0.15) is 17.3 Å². The highest BCUT2D eigenvalue weighted by Crippen LogP contribution is 2.30. The molecule has 1 aliphatic heterocycles. The maximum Gasteiger partial charge on any atom is 0.320 e. The number of carbonyl (C=O) groups excluding carboxylic acids is 2. The van der Waals surface area contributed by atoms with Crippen molar-refractivity contribution < 1.29 is 19.1 Å². The van der Waals surface area contributed by atoms with Crippen LogP contribution in [0.3, 0.4) is 0 Å². The van der Waals surface area contributed by atoms with Crippen molar-refractivity contribution in [1.82, 2.24) is 20.5 Å². The molecule has 12 heteroatoms. The van der Waals surface area contributed by atoms with Crippen LogP contribution in [0.25, 0.3) is 0 Å². The van der Waals surface area contributed by atoms with E-state index in [0.29, 0.717) is 34.6 Å². The van der Waals surface area contributed by atoms with E-state index >= 15 is 0 Å². The van der Waals surface area contributed by atoms with Crippen LogP contribution in [-0.4, -0.2) is 66.3 Å². The average molecular weight is 507 g/mol. The molecule has 3 rings (SSSR count). The minimum Gasteiger partial charge on any atom is -0.457 e. The third kappa shape index (κ3) is 8.75. The van der Waals surface area contributed by atoms with Crippen LogP contribution in [0.5, 0.6) is 11.5 Å². The summed E-state index contributed by atoms with van der Waals surface area (Å²) in [6.45, 7) is 6.22. The lowest BCUT2D eigenvalue weighted by Crippen LogP contribution is -2.38. The van der Waals surface area contributed by atoms with Gasteiger partial charge < -0.3 is 25.4 Å². The number of nitrogens with zero attached hydrogens (tertiary/aromatic N) is 2. The Balaban J connectivity index is 1.47. The van der Waals surface area contributed by atoms with Gasteiger partial charge in [-0.2, -0.15) is 0 Å². The zero-order valence-electron chi connectivity index (χ0n) is 18.7. The molecule has 4 N–H and O–H groups in total. The molecule has 0 saturated carbocycles. The van der Waals surface area contributed by atoms with Gasteiger partial charge in [-0.25, -0.2) is 9.78 Å². The van der Waals surface area contributed by atoms with Gasteiger partial charge in [0.25, 0.3) is 0 Å². The lowest BCUT2D eigenvalue weighted by molar-refractivity contribution is -0.117. The normalized spacial score (nSPS) is 13.6. The average Bonchev–Trinajstić information content (AvgIpc) is 2.79. The van der Waals surface area contributed by atoms with Crippen LogP contribution in [0.2, 0.25) is 5.02 Å². The van der Waals surface area contributed by atoms with Crippen molar-refractivity contribution in [2.75, 3.05) is 50.0 Å². The Labute approximate surface area is 208 Å². The molecule has 182 valence electrons. The Morgan fingerprint density at radius 3 is 2.68 bits per heavy atom. The highest BCUT2D eigenvalue weighted by Gasteiger charge is 2.11. The Kier molecular flexibility index (Phi) is 9.83. The van der Waals surface area contributed by atoms with Crippen LogP contribution >= 0.6 is 23.8 Å². The summed E-state index contributed by atoms with van der Waals surface area (Å²) >= 11 is 11.3. The first kappa shape index (κ1) is 25.6. The molecule has 1 saturated heterocycles. The fourth-order valence-electron chi connectivity index (χ4n) is 3.14. The number of halogens is 1. The van der Waals surface area contributed by atoms with Crippen LogP contribution in [-0.2, 0) is 9.53 Å². The third-order valence-corrected chi connectivity index (χ3v) is 5.24.